The third kappa shape index (κ3) is 3.03. The predicted molar refractivity (Wildman–Crippen MR) is 64.8 cm³/mol. The van der Waals surface area contributed by atoms with E-state index in [1.807, 2.05) is 6.92 Å². The number of ether oxygens (including phenoxy) is 1. The molecule has 1 fully saturated rings. The molecule has 94 valence electrons. The standard InChI is InChI=1S/C13H19FN2O/c1-9-7-10(14)4-5-12(9)13(16-15)8-11-3-2-6-17-11/h4-5,7,11,13,16H,2-3,6,8,15H2,1H3. The Balaban J connectivity index is 2.10. The summed E-state index contributed by atoms with van der Waals surface area (Å²) in [6, 6.07) is 4.83. The minimum absolute atomic E-state index is 0.0266. The number of benzene rings is 1. The van der Waals surface area contributed by atoms with Crippen molar-refractivity contribution in [3.05, 3.63) is 35.1 Å². The first-order chi connectivity index (χ1) is 8.20. The molecule has 2 unspecified atom stereocenters. The fraction of sp³-hybridized carbons (Fsp3) is 0.538. The Labute approximate surface area is 101 Å². The molecule has 17 heavy (non-hydrogen) atoms. The molecule has 0 amide bonds. The molecular weight excluding hydrogens is 219 g/mol. The summed E-state index contributed by atoms with van der Waals surface area (Å²) in [6.45, 7) is 2.74. The van der Waals surface area contributed by atoms with E-state index in [0.29, 0.717) is 0 Å². The summed E-state index contributed by atoms with van der Waals surface area (Å²) < 4.78 is 18.6. The molecule has 2 rings (SSSR count). The van der Waals surface area contributed by atoms with Crippen molar-refractivity contribution >= 4 is 0 Å². The van der Waals surface area contributed by atoms with Gasteiger partial charge in [-0.05, 0) is 49.4 Å². The lowest BCUT2D eigenvalue weighted by atomic mass is 9.96. The fourth-order valence-corrected chi connectivity index (χ4v) is 2.41. The smallest absolute Gasteiger partial charge is 0.123 e. The lowest BCUT2D eigenvalue weighted by Crippen LogP contribution is -2.31. The average molecular weight is 238 g/mol. The van der Waals surface area contributed by atoms with Gasteiger partial charge in [0, 0.05) is 12.6 Å². The number of nitrogens with two attached hydrogens (primary N) is 1. The number of nitrogens with one attached hydrogen (secondary N) is 1. The molecule has 2 atom stereocenters. The zero-order valence-corrected chi connectivity index (χ0v) is 10.1. The largest absolute Gasteiger partial charge is 0.378 e. The molecule has 1 aliphatic heterocycles. The van der Waals surface area contributed by atoms with Crippen LogP contribution < -0.4 is 11.3 Å². The molecule has 0 saturated carbocycles. The molecule has 1 aromatic rings. The molecular formula is C13H19FN2O. The highest BCUT2D eigenvalue weighted by Gasteiger charge is 2.22. The van der Waals surface area contributed by atoms with Crippen molar-refractivity contribution in [2.45, 2.75) is 38.3 Å². The minimum Gasteiger partial charge on any atom is -0.378 e. The van der Waals surface area contributed by atoms with Crippen LogP contribution >= 0.6 is 0 Å². The SMILES string of the molecule is Cc1cc(F)ccc1C(CC1CCCO1)NN. The first-order valence-electron chi connectivity index (χ1n) is 6.04. The number of hydrazine groups is 1. The van der Waals surface area contributed by atoms with Crippen molar-refractivity contribution in [2.24, 2.45) is 5.84 Å². The van der Waals surface area contributed by atoms with Gasteiger partial charge >= 0.3 is 0 Å². The maximum atomic E-state index is 13.0. The Hall–Kier alpha value is -0.970. The number of hydrogen-bond donors (Lipinski definition) is 2. The van der Waals surface area contributed by atoms with Crippen molar-refractivity contribution in [1.82, 2.24) is 5.43 Å². The second-order valence-electron chi connectivity index (χ2n) is 4.59. The molecule has 0 spiro atoms. The van der Waals surface area contributed by atoms with E-state index in [1.165, 1.54) is 12.1 Å². The maximum absolute atomic E-state index is 13.0. The highest BCUT2D eigenvalue weighted by Crippen LogP contribution is 2.26. The van der Waals surface area contributed by atoms with Gasteiger partial charge in [-0.2, -0.15) is 0 Å². The van der Waals surface area contributed by atoms with E-state index < -0.39 is 0 Å². The normalized spacial score (nSPS) is 21.7. The molecule has 3 nitrogen and oxygen atoms in total. The monoisotopic (exact) mass is 238 g/mol. The third-order valence-electron chi connectivity index (χ3n) is 3.33. The van der Waals surface area contributed by atoms with Crippen LogP contribution in [0.1, 0.15) is 36.4 Å². The van der Waals surface area contributed by atoms with Crippen LogP contribution in [0.15, 0.2) is 18.2 Å². The van der Waals surface area contributed by atoms with Gasteiger partial charge in [-0.3, -0.25) is 11.3 Å². The molecule has 0 bridgehead atoms. The molecule has 0 radical (unpaired) electrons. The zero-order chi connectivity index (χ0) is 12.3. The zero-order valence-electron chi connectivity index (χ0n) is 10.1. The van der Waals surface area contributed by atoms with Crippen molar-refractivity contribution in [1.29, 1.82) is 0 Å². The Morgan fingerprint density at radius 2 is 2.41 bits per heavy atom. The van der Waals surface area contributed by atoms with E-state index in [2.05, 4.69) is 5.43 Å². The summed E-state index contributed by atoms with van der Waals surface area (Å²) >= 11 is 0. The van der Waals surface area contributed by atoms with Gasteiger partial charge in [0.1, 0.15) is 5.82 Å². The quantitative estimate of drug-likeness (QED) is 0.624. The summed E-state index contributed by atoms with van der Waals surface area (Å²) in [5, 5.41) is 0. The van der Waals surface area contributed by atoms with Crippen LogP contribution in [0.2, 0.25) is 0 Å². The molecule has 1 aliphatic rings. The summed E-state index contributed by atoms with van der Waals surface area (Å²) in [5.41, 5.74) is 4.77. The Kier molecular flexibility index (Phi) is 4.10. The first-order valence-corrected chi connectivity index (χ1v) is 6.04. The third-order valence-corrected chi connectivity index (χ3v) is 3.33. The highest BCUT2D eigenvalue weighted by atomic mass is 19.1. The number of halogens is 1. The van der Waals surface area contributed by atoms with Gasteiger partial charge in [-0.15, -0.1) is 0 Å². The van der Waals surface area contributed by atoms with Gasteiger partial charge < -0.3 is 4.74 Å². The molecule has 3 N–H and O–H groups in total. The van der Waals surface area contributed by atoms with Crippen LogP contribution in [0, 0.1) is 12.7 Å². The molecule has 0 aromatic heterocycles. The number of aryl methyl sites for hydroxylation is 1. The van der Waals surface area contributed by atoms with Gasteiger partial charge in [-0.25, -0.2) is 4.39 Å². The lowest BCUT2D eigenvalue weighted by Gasteiger charge is -2.21. The van der Waals surface area contributed by atoms with Gasteiger partial charge in [0.2, 0.25) is 0 Å². The topological polar surface area (TPSA) is 47.3 Å². The molecule has 4 heteroatoms. The van der Waals surface area contributed by atoms with Gasteiger partial charge in [-0.1, -0.05) is 6.07 Å². The number of hydrogen-bond acceptors (Lipinski definition) is 3. The van der Waals surface area contributed by atoms with Crippen molar-refractivity contribution < 1.29 is 9.13 Å². The highest BCUT2D eigenvalue weighted by molar-refractivity contribution is 5.29. The van der Waals surface area contributed by atoms with E-state index in [-0.39, 0.29) is 18.0 Å². The van der Waals surface area contributed by atoms with Crippen LogP contribution in [0.3, 0.4) is 0 Å². The fourth-order valence-electron chi connectivity index (χ4n) is 2.41. The van der Waals surface area contributed by atoms with E-state index in [0.717, 1.165) is 37.0 Å². The first kappa shape index (κ1) is 12.5. The number of rotatable bonds is 4. The second kappa shape index (κ2) is 5.58. The van der Waals surface area contributed by atoms with Crippen LogP contribution in [-0.2, 0) is 4.74 Å². The van der Waals surface area contributed by atoms with E-state index in [4.69, 9.17) is 10.6 Å². The lowest BCUT2D eigenvalue weighted by molar-refractivity contribution is 0.0945. The summed E-state index contributed by atoms with van der Waals surface area (Å²) in [7, 11) is 0. The van der Waals surface area contributed by atoms with Crippen molar-refractivity contribution in [2.75, 3.05) is 6.61 Å². The summed E-state index contributed by atoms with van der Waals surface area (Å²) in [4.78, 5) is 0. The predicted octanol–water partition coefficient (Wildman–Crippen LogP) is 2.21. The Morgan fingerprint density at radius 3 is 3.00 bits per heavy atom. The van der Waals surface area contributed by atoms with E-state index >= 15 is 0 Å². The van der Waals surface area contributed by atoms with Crippen molar-refractivity contribution in [3.63, 3.8) is 0 Å². The average Bonchev–Trinajstić information content (AvgIpc) is 2.79. The molecule has 0 aliphatic carbocycles. The summed E-state index contributed by atoms with van der Waals surface area (Å²) in [5.74, 6) is 5.38. The van der Waals surface area contributed by atoms with Crippen LogP contribution in [0.25, 0.3) is 0 Å². The summed E-state index contributed by atoms with van der Waals surface area (Å²) in [6.07, 6.45) is 3.30. The van der Waals surface area contributed by atoms with E-state index in [1.54, 1.807) is 6.07 Å². The second-order valence-corrected chi connectivity index (χ2v) is 4.59. The van der Waals surface area contributed by atoms with Crippen LogP contribution in [0.5, 0.6) is 0 Å². The molecule has 1 saturated heterocycles. The van der Waals surface area contributed by atoms with Gasteiger partial charge in [0.15, 0.2) is 0 Å². The Bertz CT molecular complexity index is 378. The maximum Gasteiger partial charge on any atom is 0.123 e. The van der Waals surface area contributed by atoms with Gasteiger partial charge in [0.05, 0.1) is 6.10 Å². The van der Waals surface area contributed by atoms with Gasteiger partial charge in [0.25, 0.3) is 0 Å². The Morgan fingerprint density at radius 1 is 1.59 bits per heavy atom. The van der Waals surface area contributed by atoms with Crippen LogP contribution in [-0.4, -0.2) is 12.7 Å². The van der Waals surface area contributed by atoms with E-state index in [9.17, 15) is 4.39 Å². The van der Waals surface area contributed by atoms with Crippen LogP contribution in [0.4, 0.5) is 4.39 Å². The molecule has 1 aromatic carbocycles. The van der Waals surface area contributed by atoms with Crippen molar-refractivity contribution in [3.8, 4) is 0 Å². The minimum atomic E-state index is -0.209. The molecule has 1 heterocycles.